The maximum atomic E-state index is 13.0. The molecule has 0 amide bonds. The first kappa shape index (κ1) is 9.73. The molecule has 0 unspecified atom stereocenters. The van der Waals surface area contributed by atoms with Gasteiger partial charge < -0.3 is 0 Å². The third-order valence-corrected chi connectivity index (χ3v) is 2.05. The summed E-state index contributed by atoms with van der Waals surface area (Å²) in [7, 11) is 0. The molecule has 0 bridgehead atoms. The van der Waals surface area contributed by atoms with Gasteiger partial charge in [0.15, 0.2) is 0 Å². The van der Waals surface area contributed by atoms with Gasteiger partial charge in [-0.15, -0.1) is 0 Å². The van der Waals surface area contributed by atoms with Gasteiger partial charge in [0.2, 0.25) is 0 Å². The van der Waals surface area contributed by atoms with Crippen LogP contribution in [0.15, 0.2) is 35.2 Å². The molecule has 0 radical (unpaired) electrons. The third kappa shape index (κ3) is 2.55. The average Bonchev–Trinajstić information content (AvgIpc) is 2.27. The SMILES string of the molecule is CC(C)C1=CC(F)=CC=C(C#N)C1. The van der Waals surface area contributed by atoms with Crippen LogP contribution in [0.1, 0.15) is 20.3 Å². The van der Waals surface area contributed by atoms with Gasteiger partial charge in [-0.3, -0.25) is 0 Å². The van der Waals surface area contributed by atoms with Crippen molar-refractivity contribution in [2.24, 2.45) is 5.92 Å². The highest BCUT2D eigenvalue weighted by Crippen LogP contribution is 2.23. The number of allylic oxidation sites excluding steroid dienone is 6. The minimum absolute atomic E-state index is 0.269. The molecule has 0 spiro atoms. The van der Waals surface area contributed by atoms with Crippen LogP contribution in [-0.2, 0) is 0 Å². The summed E-state index contributed by atoms with van der Waals surface area (Å²) in [6, 6.07) is 2.06. The van der Waals surface area contributed by atoms with E-state index >= 15 is 0 Å². The molecular weight excluding hydrogens is 165 g/mol. The highest BCUT2D eigenvalue weighted by Gasteiger charge is 2.09. The van der Waals surface area contributed by atoms with Gasteiger partial charge in [0.05, 0.1) is 6.07 Å². The van der Waals surface area contributed by atoms with E-state index in [1.54, 1.807) is 6.08 Å². The van der Waals surface area contributed by atoms with E-state index in [4.69, 9.17) is 5.26 Å². The van der Waals surface area contributed by atoms with Gasteiger partial charge in [-0.05, 0) is 24.1 Å². The Balaban J connectivity index is 2.98. The predicted octanol–water partition coefficient (Wildman–Crippen LogP) is 3.28. The van der Waals surface area contributed by atoms with Crippen LogP contribution in [0.3, 0.4) is 0 Å². The summed E-state index contributed by atoms with van der Waals surface area (Å²) in [5.41, 5.74) is 1.59. The monoisotopic (exact) mass is 177 g/mol. The highest BCUT2D eigenvalue weighted by atomic mass is 19.1. The maximum Gasteiger partial charge on any atom is 0.123 e. The molecule has 0 saturated carbocycles. The third-order valence-electron chi connectivity index (χ3n) is 2.05. The van der Waals surface area contributed by atoms with Crippen LogP contribution in [0.5, 0.6) is 0 Å². The first-order valence-electron chi connectivity index (χ1n) is 4.30. The molecule has 0 atom stereocenters. The zero-order valence-electron chi connectivity index (χ0n) is 7.84. The number of halogens is 1. The molecule has 2 heteroatoms. The zero-order chi connectivity index (χ0) is 9.84. The molecule has 0 saturated heterocycles. The van der Waals surface area contributed by atoms with Crippen LogP contribution in [-0.4, -0.2) is 0 Å². The number of rotatable bonds is 1. The predicted molar refractivity (Wildman–Crippen MR) is 50.4 cm³/mol. The molecule has 68 valence electrons. The Hall–Kier alpha value is -1.36. The second-order valence-electron chi connectivity index (χ2n) is 3.41. The van der Waals surface area contributed by atoms with Gasteiger partial charge in [0.25, 0.3) is 0 Å². The molecule has 0 fully saturated rings. The van der Waals surface area contributed by atoms with Crippen LogP contribution >= 0.6 is 0 Å². The number of nitriles is 1. The molecule has 0 heterocycles. The van der Waals surface area contributed by atoms with Crippen molar-refractivity contribution in [3.8, 4) is 6.07 Å². The van der Waals surface area contributed by atoms with Gasteiger partial charge in [-0.25, -0.2) is 4.39 Å². The molecule has 0 aliphatic heterocycles. The van der Waals surface area contributed by atoms with Gasteiger partial charge in [0, 0.05) is 12.0 Å². The standard InChI is InChI=1S/C11H12FN/c1-8(2)10-5-9(7-13)3-4-11(12)6-10/h3-4,6,8H,5H2,1-2H3. The molecular formula is C11H12FN. The summed E-state index contributed by atoms with van der Waals surface area (Å²) in [4.78, 5) is 0. The Morgan fingerprint density at radius 3 is 2.69 bits per heavy atom. The van der Waals surface area contributed by atoms with Crippen molar-refractivity contribution in [3.05, 3.63) is 35.2 Å². The Morgan fingerprint density at radius 1 is 1.46 bits per heavy atom. The Labute approximate surface area is 77.9 Å². The molecule has 1 aliphatic carbocycles. The lowest BCUT2D eigenvalue weighted by molar-refractivity contribution is 0.656. The van der Waals surface area contributed by atoms with Crippen molar-refractivity contribution in [3.63, 3.8) is 0 Å². The van der Waals surface area contributed by atoms with Crippen molar-refractivity contribution < 1.29 is 4.39 Å². The van der Waals surface area contributed by atoms with E-state index in [-0.39, 0.29) is 11.7 Å². The molecule has 0 aromatic carbocycles. The lowest BCUT2D eigenvalue weighted by Gasteiger charge is -2.08. The molecule has 0 aromatic rings. The Bertz CT molecular complexity index is 326. The van der Waals surface area contributed by atoms with Crippen molar-refractivity contribution in [2.45, 2.75) is 20.3 Å². The highest BCUT2D eigenvalue weighted by molar-refractivity contribution is 5.38. The molecule has 13 heavy (non-hydrogen) atoms. The summed E-state index contributed by atoms with van der Waals surface area (Å²) >= 11 is 0. The van der Waals surface area contributed by atoms with Crippen LogP contribution < -0.4 is 0 Å². The summed E-state index contributed by atoms with van der Waals surface area (Å²) in [6.07, 6.45) is 4.97. The average molecular weight is 177 g/mol. The molecule has 0 aromatic heterocycles. The number of hydrogen-bond acceptors (Lipinski definition) is 1. The van der Waals surface area contributed by atoms with E-state index in [1.807, 2.05) is 13.8 Å². The van der Waals surface area contributed by atoms with Gasteiger partial charge in [0.1, 0.15) is 5.83 Å². The van der Waals surface area contributed by atoms with Crippen LogP contribution in [0.2, 0.25) is 0 Å². The van der Waals surface area contributed by atoms with E-state index in [9.17, 15) is 4.39 Å². The van der Waals surface area contributed by atoms with Crippen LogP contribution in [0, 0.1) is 17.2 Å². The largest absolute Gasteiger partial charge is 0.207 e. The van der Waals surface area contributed by atoms with Crippen LogP contribution in [0.25, 0.3) is 0 Å². The van der Waals surface area contributed by atoms with Crippen LogP contribution in [0.4, 0.5) is 4.39 Å². The lowest BCUT2D eigenvalue weighted by Crippen LogP contribution is -1.94. The normalized spacial score (nSPS) is 17.0. The van der Waals surface area contributed by atoms with E-state index in [1.165, 1.54) is 12.2 Å². The lowest BCUT2D eigenvalue weighted by atomic mass is 9.96. The Morgan fingerprint density at radius 2 is 2.15 bits per heavy atom. The van der Waals surface area contributed by atoms with Crippen molar-refractivity contribution >= 4 is 0 Å². The van der Waals surface area contributed by atoms with E-state index in [0.29, 0.717) is 12.0 Å². The summed E-state index contributed by atoms with van der Waals surface area (Å²) < 4.78 is 13.0. The smallest absolute Gasteiger partial charge is 0.123 e. The first-order chi connectivity index (χ1) is 6.13. The fourth-order valence-electron chi connectivity index (χ4n) is 1.18. The molecule has 1 nitrogen and oxygen atoms in total. The second kappa shape index (κ2) is 4.04. The summed E-state index contributed by atoms with van der Waals surface area (Å²) in [5.74, 6) is 0.0166. The fourth-order valence-corrected chi connectivity index (χ4v) is 1.18. The number of nitrogens with zero attached hydrogens (tertiary/aromatic N) is 1. The second-order valence-corrected chi connectivity index (χ2v) is 3.41. The van der Waals surface area contributed by atoms with E-state index in [0.717, 1.165) is 5.57 Å². The molecule has 0 N–H and O–H groups in total. The van der Waals surface area contributed by atoms with Crippen molar-refractivity contribution in [1.29, 1.82) is 5.26 Å². The first-order valence-corrected chi connectivity index (χ1v) is 4.30. The van der Waals surface area contributed by atoms with E-state index < -0.39 is 0 Å². The molecule has 1 aliphatic rings. The van der Waals surface area contributed by atoms with E-state index in [2.05, 4.69) is 6.07 Å². The Kier molecular flexibility index (Phi) is 3.02. The van der Waals surface area contributed by atoms with Crippen molar-refractivity contribution in [2.75, 3.05) is 0 Å². The fraction of sp³-hybridized carbons (Fsp3) is 0.364. The van der Waals surface area contributed by atoms with Gasteiger partial charge in [-0.2, -0.15) is 5.26 Å². The zero-order valence-corrected chi connectivity index (χ0v) is 7.84. The topological polar surface area (TPSA) is 23.8 Å². The minimum atomic E-state index is -0.269. The van der Waals surface area contributed by atoms with Crippen molar-refractivity contribution in [1.82, 2.24) is 0 Å². The minimum Gasteiger partial charge on any atom is -0.207 e. The summed E-state index contributed by atoms with van der Waals surface area (Å²) in [6.45, 7) is 4.00. The quantitative estimate of drug-likeness (QED) is 0.603. The maximum absolute atomic E-state index is 13.0. The number of hydrogen-bond donors (Lipinski definition) is 0. The van der Waals surface area contributed by atoms with Gasteiger partial charge in [-0.1, -0.05) is 19.4 Å². The molecule has 1 rings (SSSR count). The summed E-state index contributed by atoms with van der Waals surface area (Å²) in [5, 5.41) is 8.70. The van der Waals surface area contributed by atoms with Gasteiger partial charge >= 0.3 is 0 Å².